The van der Waals surface area contributed by atoms with Crippen LogP contribution < -0.4 is 0 Å². The zero-order valence-electron chi connectivity index (χ0n) is 9.56. The number of aliphatic hydroxyl groups is 2. The van der Waals surface area contributed by atoms with Gasteiger partial charge in [0, 0.05) is 5.57 Å². The monoisotopic (exact) mass is 216 g/mol. The minimum atomic E-state index is -0.650. The summed E-state index contributed by atoms with van der Waals surface area (Å²) < 4.78 is 4.79. The lowest BCUT2D eigenvalue weighted by Gasteiger charge is -2.07. The average molecular weight is 216 g/mol. The predicted octanol–water partition coefficient (Wildman–Crippen LogP) is 1.02. The standard InChI is InChI=1S/C11H20O4/c1-4-10(13)6-5-8(2)11(14)15-7-9(3)12/h5,9-10,12-13H,4,6-7H2,1-3H3. The van der Waals surface area contributed by atoms with E-state index in [2.05, 4.69) is 0 Å². The van der Waals surface area contributed by atoms with Crippen LogP contribution in [-0.4, -0.2) is 35.0 Å². The smallest absolute Gasteiger partial charge is 0.333 e. The molecule has 15 heavy (non-hydrogen) atoms. The first-order chi connectivity index (χ1) is 6.97. The van der Waals surface area contributed by atoms with E-state index in [9.17, 15) is 9.90 Å². The SMILES string of the molecule is CCC(O)CC=C(C)C(=O)OCC(C)O. The number of aliphatic hydroxyl groups excluding tert-OH is 2. The van der Waals surface area contributed by atoms with Crippen LogP contribution >= 0.6 is 0 Å². The molecule has 2 atom stereocenters. The van der Waals surface area contributed by atoms with Gasteiger partial charge in [-0.05, 0) is 26.7 Å². The van der Waals surface area contributed by atoms with E-state index < -0.39 is 18.2 Å². The van der Waals surface area contributed by atoms with Gasteiger partial charge in [0.2, 0.25) is 0 Å². The van der Waals surface area contributed by atoms with Crippen LogP contribution in [0, 0.1) is 0 Å². The molecule has 0 amide bonds. The summed E-state index contributed by atoms with van der Waals surface area (Å²) in [6.45, 7) is 5.06. The van der Waals surface area contributed by atoms with Gasteiger partial charge >= 0.3 is 5.97 Å². The number of carbonyl (C=O) groups excluding carboxylic acids is 1. The van der Waals surface area contributed by atoms with E-state index in [1.165, 1.54) is 0 Å². The zero-order valence-corrected chi connectivity index (χ0v) is 9.56. The summed E-state index contributed by atoms with van der Waals surface area (Å²) >= 11 is 0. The summed E-state index contributed by atoms with van der Waals surface area (Å²) in [6.07, 6.45) is 1.70. The molecule has 0 fully saturated rings. The van der Waals surface area contributed by atoms with Crippen molar-refractivity contribution in [2.45, 2.75) is 45.8 Å². The van der Waals surface area contributed by atoms with Crippen LogP contribution in [0.15, 0.2) is 11.6 Å². The second-order valence-electron chi connectivity index (χ2n) is 3.63. The highest BCUT2D eigenvalue weighted by Crippen LogP contribution is 2.04. The first kappa shape index (κ1) is 14.1. The van der Waals surface area contributed by atoms with Crippen molar-refractivity contribution in [3.63, 3.8) is 0 Å². The van der Waals surface area contributed by atoms with Crippen LogP contribution in [0.3, 0.4) is 0 Å². The maximum Gasteiger partial charge on any atom is 0.333 e. The Labute approximate surface area is 90.6 Å². The highest BCUT2D eigenvalue weighted by atomic mass is 16.5. The molecule has 0 rings (SSSR count). The summed E-state index contributed by atoms with van der Waals surface area (Å²) in [5.41, 5.74) is 0.461. The van der Waals surface area contributed by atoms with Gasteiger partial charge in [-0.25, -0.2) is 4.79 Å². The molecule has 0 aromatic heterocycles. The summed E-state index contributed by atoms with van der Waals surface area (Å²) in [5.74, 6) is -0.445. The molecular weight excluding hydrogens is 196 g/mol. The van der Waals surface area contributed by atoms with Crippen LogP contribution in [-0.2, 0) is 9.53 Å². The third-order valence-electron chi connectivity index (χ3n) is 1.94. The lowest BCUT2D eigenvalue weighted by Crippen LogP contribution is -2.16. The zero-order chi connectivity index (χ0) is 11.8. The Bertz CT molecular complexity index is 221. The van der Waals surface area contributed by atoms with Crippen molar-refractivity contribution in [2.24, 2.45) is 0 Å². The Morgan fingerprint density at radius 3 is 2.53 bits per heavy atom. The first-order valence-corrected chi connectivity index (χ1v) is 5.17. The van der Waals surface area contributed by atoms with Crippen molar-refractivity contribution in [2.75, 3.05) is 6.61 Å². The Morgan fingerprint density at radius 2 is 2.07 bits per heavy atom. The van der Waals surface area contributed by atoms with Crippen molar-refractivity contribution in [3.05, 3.63) is 11.6 Å². The molecule has 0 saturated heterocycles. The van der Waals surface area contributed by atoms with Crippen LogP contribution in [0.5, 0.6) is 0 Å². The quantitative estimate of drug-likeness (QED) is 0.514. The fourth-order valence-electron chi connectivity index (χ4n) is 0.873. The topological polar surface area (TPSA) is 66.8 Å². The van der Waals surface area contributed by atoms with Gasteiger partial charge in [-0.15, -0.1) is 0 Å². The summed E-state index contributed by atoms with van der Waals surface area (Å²) in [6, 6.07) is 0. The largest absolute Gasteiger partial charge is 0.460 e. The van der Waals surface area contributed by atoms with Gasteiger partial charge in [-0.3, -0.25) is 0 Å². The normalized spacial score (nSPS) is 15.9. The first-order valence-electron chi connectivity index (χ1n) is 5.17. The molecule has 0 heterocycles. The summed E-state index contributed by atoms with van der Waals surface area (Å²) in [4.78, 5) is 11.3. The molecule has 0 saturated carbocycles. The Morgan fingerprint density at radius 1 is 1.47 bits per heavy atom. The molecule has 0 bridgehead atoms. The summed E-state index contributed by atoms with van der Waals surface area (Å²) in [5, 5.41) is 18.2. The van der Waals surface area contributed by atoms with Gasteiger partial charge < -0.3 is 14.9 Å². The molecule has 0 spiro atoms. The van der Waals surface area contributed by atoms with E-state index in [0.29, 0.717) is 18.4 Å². The minimum Gasteiger partial charge on any atom is -0.460 e. The second kappa shape index (κ2) is 7.43. The maximum atomic E-state index is 11.3. The van der Waals surface area contributed by atoms with E-state index in [0.717, 1.165) is 0 Å². The number of rotatable bonds is 6. The van der Waals surface area contributed by atoms with E-state index in [-0.39, 0.29) is 6.61 Å². The molecule has 2 N–H and O–H groups in total. The van der Waals surface area contributed by atoms with E-state index in [1.807, 2.05) is 6.92 Å². The number of esters is 1. The van der Waals surface area contributed by atoms with Crippen molar-refractivity contribution >= 4 is 5.97 Å². The lowest BCUT2D eigenvalue weighted by molar-refractivity contribution is -0.141. The average Bonchev–Trinajstić information content (AvgIpc) is 2.21. The molecule has 0 aliphatic carbocycles. The van der Waals surface area contributed by atoms with Gasteiger partial charge in [0.05, 0.1) is 12.2 Å². The Kier molecular flexibility index (Phi) is 6.99. The van der Waals surface area contributed by atoms with Crippen molar-refractivity contribution in [1.29, 1.82) is 0 Å². The fraction of sp³-hybridized carbons (Fsp3) is 0.727. The minimum absolute atomic E-state index is 0.000342. The number of hydrogen-bond donors (Lipinski definition) is 2. The molecule has 2 unspecified atom stereocenters. The van der Waals surface area contributed by atoms with E-state index in [1.54, 1.807) is 19.9 Å². The molecule has 4 nitrogen and oxygen atoms in total. The highest BCUT2D eigenvalue weighted by Gasteiger charge is 2.07. The number of carbonyl (C=O) groups is 1. The molecule has 4 heteroatoms. The molecule has 0 aromatic carbocycles. The molecular formula is C11H20O4. The molecule has 0 aromatic rings. The van der Waals surface area contributed by atoms with E-state index >= 15 is 0 Å². The molecule has 0 radical (unpaired) electrons. The second-order valence-corrected chi connectivity index (χ2v) is 3.63. The highest BCUT2D eigenvalue weighted by molar-refractivity contribution is 5.87. The lowest BCUT2D eigenvalue weighted by atomic mass is 10.1. The number of hydrogen-bond acceptors (Lipinski definition) is 4. The molecule has 0 aliphatic heterocycles. The maximum absolute atomic E-state index is 11.3. The van der Waals surface area contributed by atoms with Gasteiger partial charge in [-0.2, -0.15) is 0 Å². The van der Waals surface area contributed by atoms with Gasteiger partial charge in [0.15, 0.2) is 0 Å². The van der Waals surface area contributed by atoms with Crippen molar-refractivity contribution < 1.29 is 19.7 Å². The van der Waals surface area contributed by atoms with Crippen molar-refractivity contribution in [1.82, 2.24) is 0 Å². The van der Waals surface area contributed by atoms with Gasteiger partial charge in [-0.1, -0.05) is 13.0 Å². The Hall–Kier alpha value is -0.870. The van der Waals surface area contributed by atoms with E-state index in [4.69, 9.17) is 9.84 Å². The number of ether oxygens (including phenoxy) is 1. The molecule has 88 valence electrons. The third-order valence-corrected chi connectivity index (χ3v) is 1.94. The summed E-state index contributed by atoms with van der Waals surface area (Å²) in [7, 11) is 0. The fourth-order valence-corrected chi connectivity index (χ4v) is 0.873. The van der Waals surface area contributed by atoms with Crippen LogP contribution in [0.4, 0.5) is 0 Å². The van der Waals surface area contributed by atoms with Gasteiger partial charge in [0.1, 0.15) is 6.61 Å². The molecule has 0 aliphatic rings. The third kappa shape index (κ3) is 7.11. The van der Waals surface area contributed by atoms with Crippen molar-refractivity contribution in [3.8, 4) is 0 Å². The van der Waals surface area contributed by atoms with Crippen LogP contribution in [0.1, 0.15) is 33.6 Å². The van der Waals surface area contributed by atoms with Crippen LogP contribution in [0.2, 0.25) is 0 Å². The Balaban J connectivity index is 3.96. The van der Waals surface area contributed by atoms with Crippen LogP contribution in [0.25, 0.3) is 0 Å². The predicted molar refractivity (Wildman–Crippen MR) is 57.3 cm³/mol. The van der Waals surface area contributed by atoms with Gasteiger partial charge in [0.25, 0.3) is 0 Å².